The third kappa shape index (κ3) is 4.03. The van der Waals surface area contributed by atoms with Gasteiger partial charge in [-0.05, 0) is 17.7 Å². The maximum Gasteiger partial charge on any atom is 0.315 e. The molecule has 0 aliphatic heterocycles. The van der Waals surface area contributed by atoms with E-state index in [0.717, 1.165) is 16.3 Å². The molecular weight excluding hydrogens is 220 g/mol. The number of thioether (sulfide) groups is 1. The zero-order chi connectivity index (χ0) is 10.4. The van der Waals surface area contributed by atoms with Crippen molar-refractivity contribution < 1.29 is 9.53 Å². The standard InChI is InChI=1S/C10H11ClO2S/c1-13-10(12)7-14-6-8-3-2-4-9(11)5-8/h2-5H,6-7H2,1H3. The highest BCUT2D eigenvalue weighted by Gasteiger charge is 2.00. The van der Waals surface area contributed by atoms with Crippen molar-refractivity contribution >= 4 is 29.3 Å². The van der Waals surface area contributed by atoms with Crippen LogP contribution in [0.25, 0.3) is 0 Å². The van der Waals surface area contributed by atoms with Gasteiger partial charge in [-0.1, -0.05) is 23.7 Å². The number of methoxy groups -OCH3 is 1. The molecule has 0 atom stereocenters. The molecule has 4 heteroatoms. The lowest BCUT2D eigenvalue weighted by Gasteiger charge is -2.01. The van der Waals surface area contributed by atoms with E-state index in [1.54, 1.807) is 0 Å². The molecular formula is C10H11ClO2S. The summed E-state index contributed by atoms with van der Waals surface area (Å²) in [4.78, 5) is 10.8. The third-order valence-electron chi connectivity index (χ3n) is 1.61. The van der Waals surface area contributed by atoms with Crippen molar-refractivity contribution in [3.05, 3.63) is 34.9 Å². The van der Waals surface area contributed by atoms with Crippen LogP contribution in [0.3, 0.4) is 0 Å². The highest BCUT2D eigenvalue weighted by molar-refractivity contribution is 7.99. The molecule has 2 nitrogen and oxygen atoms in total. The summed E-state index contributed by atoms with van der Waals surface area (Å²) in [5, 5.41) is 0.723. The second-order valence-corrected chi connectivity index (χ2v) is 4.12. The monoisotopic (exact) mass is 230 g/mol. The van der Waals surface area contributed by atoms with Crippen molar-refractivity contribution in [2.75, 3.05) is 12.9 Å². The van der Waals surface area contributed by atoms with Crippen LogP contribution in [0.5, 0.6) is 0 Å². The minimum absolute atomic E-state index is 0.197. The van der Waals surface area contributed by atoms with E-state index < -0.39 is 0 Å². The number of ether oxygens (including phenoxy) is 1. The van der Waals surface area contributed by atoms with E-state index in [9.17, 15) is 4.79 Å². The third-order valence-corrected chi connectivity index (χ3v) is 2.82. The summed E-state index contributed by atoms with van der Waals surface area (Å²) in [7, 11) is 1.39. The Bertz CT molecular complexity index is 315. The molecule has 0 aliphatic carbocycles. The molecule has 0 unspecified atom stereocenters. The molecule has 0 aliphatic rings. The zero-order valence-corrected chi connectivity index (χ0v) is 9.40. The predicted molar refractivity (Wildman–Crippen MR) is 59.6 cm³/mol. The lowest BCUT2D eigenvalue weighted by Crippen LogP contribution is -2.03. The Morgan fingerprint density at radius 1 is 1.57 bits per heavy atom. The molecule has 0 heterocycles. The van der Waals surface area contributed by atoms with Gasteiger partial charge in [0.2, 0.25) is 0 Å². The van der Waals surface area contributed by atoms with Gasteiger partial charge in [0.15, 0.2) is 0 Å². The summed E-state index contributed by atoms with van der Waals surface area (Å²) in [6.45, 7) is 0. The fourth-order valence-corrected chi connectivity index (χ4v) is 1.95. The van der Waals surface area contributed by atoms with Crippen LogP contribution in [0, 0.1) is 0 Å². The molecule has 14 heavy (non-hydrogen) atoms. The smallest absolute Gasteiger partial charge is 0.315 e. The predicted octanol–water partition coefficient (Wildman–Crippen LogP) is 2.75. The number of rotatable bonds is 4. The van der Waals surface area contributed by atoms with Crippen LogP contribution in [-0.4, -0.2) is 18.8 Å². The molecule has 0 saturated carbocycles. The Kier molecular flexibility index (Phi) is 4.84. The van der Waals surface area contributed by atoms with Crippen LogP contribution in [0.4, 0.5) is 0 Å². The highest BCUT2D eigenvalue weighted by atomic mass is 35.5. The fraction of sp³-hybridized carbons (Fsp3) is 0.300. The van der Waals surface area contributed by atoms with E-state index in [1.165, 1.54) is 18.9 Å². The molecule has 1 aromatic rings. The Labute approximate surface area is 92.6 Å². The minimum Gasteiger partial charge on any atom is -0.468 e. The van der Waals surface area contributed by atoms with E-state index in [2.05, 4.69) is 4.74 Å². The van der Waals surface area contributed by atoms with Gasteiger partial charge in [-0.3, -0.25) is 4.79 Å². The molecule has 0 spiro atoms. The average Bonchev–Trinajstić information content (AvgIpc) is 2.17. The second-order valence-electron chi connectivity index (χ2n) is 2.70. The van der Waals surface area contributed by atoms with E-state index >= 15 is 0 Å². The van der Waals surface area contributed by atoms with Crippen molar-refractivity contribution in [2.24, 2.45) is 0 Å². The lowest BCUT2D eigenvalue weighted by atomic mass is 10.2. The summed E-state index contributed by atoms with van der Waals surface area (Å²) in [5.41, 5.74) is 1.12. The summed E-state index contributed by atoms with van der Waals surface area (Å²) in [6.07, 6.45) is 0. The number of hydrogen-bond donors (Lipinski definition) is 0. The number of carbonyl (C=O) groups excluding carboxylic acids is 1. The van der Waals surface area contributed by atoms with Crippen molar-refractivity contribution in [3.8, 4) is 0 Å². The number of halogens is 1. The van der Waals surface area contributed by atoms with Gasteiger partial charge in [-0.15, -0.1) is 11.8 Å². The van der Waals surface area contributed by atoms with Crippen molar-refractivity contribution in [1.82, 2.24) is 0 Å². The minimum atomic E-state index is -0.197. The van der Waals surface area contributed by atoms with Gasteiger partial charge in [0.25, 0.3) is 0 Å². The topological polar surface area (TPSA) is 26.3 Å². The Balaban J connectivity index is 2.35. The number of hydrogen-bond acceptors (Lipinski definition) is 3. The maximum absolute atomic E-state index is 10.8. The second kappa shape index (κ2) is 5.94. The lowest BCUT2D eigenvalue weighted by molar-refractivity contribution is -0.137. The van der Waals surface area contributed by atoms with E-state index in [0.29, 0.717) is 5.75 Å². The first-order valence-corrected chi connectivity index (χ1v) is 5.64. The summed E-state index contributed by atoms with van der Waals surface area (Å²) >= 11 is 7.33. The zero-order valence-electron chi connectivity index (χ0n) is 7.83. The molecule has 0 N–H and O–H groups in total. The number of carbonyl (C=O) groups is 1. The van der Waals surface area contributed by atoms with E-state index in [4.69, 9.17) is 11.6 Å². The van der Waals surface area contributed by atoms with Crippen LogP contribution in [0.15, 0.2) is 24.3 Å². The summed E-state index contributed by atoms with van der Waals surface area (Å²) in [5.74, 6) is 0.954. The molecule has 0 bridgehead atoms. The van der Waals surface area contributed by atoms with Crippen LogP contribution in [0.2, 0.25) is 5.02 Å². The first-order chi connectivity index (χ1) is 6.72. The Morgan fingerprint density at radius 3 is 3.00 bits per heavy atom. The van der Waals surface area contributed by atoms with Gasteiger partial charge in [0.1, 0.15) is 0 Å². The van der Waals surface area contributed by atoms with E-state index in [1.807, 2.05) is 24.3 Å². The van der Waals surface area contributed by atoms with E-state index in [-0.39, 0.29) is 5.97 Å². The van der Waals surface area contributed by atoms with Gasteiger partial charge < -0.3 is 4.74 Å². The van der Waals surface area contributed by atoms with Gasteiger partial charge >= 0.3 is 5.97 Å². The fourth-order valence-electron chi connectivity index (χ4n) is 0.938. The maximum atomic E-state index is 10.8. The largest absolute Gasteiger partial charge is 0.468 e. The van der Waals surface area contributed by atoms with Crippen molar-refractivity contribution in [3.63, 3.8) is 0 Å². The normalized spacial score (nSPS) is 9.86. The number of esters is 1. The van der Waals surface area contributed by atoms with Gasteiger partial charge in [0, 0.05) is 10.8 Å². The highest BCUT2D eigenvalue weighted by Crippen LogP contribution is 2.16. The molecule has 1 aromatic carbocycles. The van der Waals surface area contributed by atoms with Crippen LogP contribution in [0.1, 0.15) is 5.56 Å². The molecule has 0 aromatic heterocycles. The Morgan fingerprint density at radius 2 is 2.36 bits per heavy atom. The summed E-state index contributed by atoms with van der Waals surface area (Å²) < 4.78 is 4.53. The van der Waals surface area contributed by atoms with Gasteiger partial charge in [-0.2, -0.15) is 0 Å². The van der Waals surface area contributed by atoms with Crippen LogP contribution < -0.4 is 0 Å². The molecule has 1 rings (SSSR count). The number of benzene rings is 1. The van der Waals surface area contributed by atoms with Crippen molar-refractivity contribution in [1.29, 1.82) is 0 Å². The molecule has 0 radical (unpaired) electrons. The molecule has 0 fully saturated rings. The van der Waals surface area contributed by atoms with Gasteiger partial charge in [0.05, 0.1) is 12.9 Å². The SMILES string of the molecule is COC(=O)CSCc1cccc(Cl)c1. The average molecular weight is 231 g/mol. The van der Waals surface area contributed by atoms with Gasteiger partial charge in [-0.25, -0.2) is 0 Å². The first-order valence-electron chi connectivity index (χ1n) is 4.11. The first kappa shape index (κ1) is 11.4. The van der Waals surface area contributed by atoms with Crippen LogP contribution >= 0.6 is 23.4 Å². The van der Waals surface area contributed by atoms with Crippen molar-refractivity contribution in [2.45, 2.75) is 5.75 Å². The quantitative estimate of drug-likeness (QED) is 0.744. The summed E-state index contributed by atoms with van der Waals surface area (Å²) in [6, 6.07) is 7.61. The molecule has 0 saturated heterocycles. The molecule has 76 valence electrons. The Hall–Kier alpha value is -0.670. The molecule has 0 amide bonds. The van der Waals surface area contributed by atoms with Crippen LogP contribution in [-0.2, 0) is 15.3 Å².